The minimum atomic E-state index is 0.286. The lowest BCUT2D eigenvalue weighted by Crippen LogP contribution is -1.98. The summed E-state index contributed by atoms with van der Waals surface area (Å²) < 4.78 is 2.39. The van der Waals surface area contributed by atoms with Crippen molar-refractivity contribution < 1.29 is 15.3 Å². The summed E-state index contributed by atoms with van der Waals surface area (Å²) in [7, 11) is 0. The molecule has 0 spiro atoms. The second-order valence-electron chi connectivity index (χ2n) is 8.01. The van der Waals surface area contributed by atoms with E-state index in [0.717, 1.165) is 49.7 Å². The number of hydrogen-bond acceptors (Lipinski definition) is 3. The molecular weight excluding hydrogens is 753 g/mol. The monoisotopic (exact) mass is 774 g/mol. The largest absolute Gasteiger partial charge is 0.507 e. The summed E-state index contributed by atoms with van der Waals surface area (Å²) in [5.41, 5.74) is 6.71. The molecule has 0 saturated heterocycles. The predicted octanol–water partition coefficient (Wildman–Crippen LogP) is 7.77. The van der Waals surface area contributed by atoms with Crippen LogP contribution in [0.4, 0.5) is 0 Å². The van der Waals surface area contributed by atoms with Crippen LogP contribution in [0, 0.1) is 17.6 Å². The minimum Gasteiger partial charge on any atom is -0.507 e. The summed E-state index contributed by atoms with van der Waals surface area (Å²) >= 11 is 6.41. The average molecular weight is 774 g/mol. The van der Waals surface area contributed by atoms with Crippen LogP contribution < -0.4 is 0 Å². The van der Waals surface area contributed by atoms with Gasteiger partial charge in [-0.2, -0.15) is 0 Å². The standard InChI is InChI=1S/C27H21I3O3/c1-15-7-16(10-22(28)25(15)31)8-20-13-19(18-5-3-2-4-6-18)14-21(26(20)32)9-17-11-23(29)27(33)24(30)12-17/h2-7,10-14,31-33H,8-9H2,1H3. The van der Waals surface area contributed by atoms with Crippen molar-refractivity contribution in [3.8, 4) is 28.4 Å². The first-order valence-corrected chi connectivity index (χ1v) is 13.5. The van der Waals surface area contributed by atoms with E-state index < -0.39 is 0 Å². The van der Waals surface area contributed by atoms with Gasteiger partial charge in [-0.15, -0.1) is 0 Å². The molecule has 3 N–H and O–H groups in total. The van der Waals surface area contributed by atoms with Gasteiger partial charge in [0.05, 0.1) is 10.7 Å². The fourth-order valence-electron chi connectivity index (χ4n) is 3.90. The highest BCUT2D eigenvalue weighted by atomic mass is 127. The van der Waals surface area contributed by atoms with Crippen molar-refractivity contribution in [1.29, 1.82) is 0 Å². The molecule has 0 radical (unpaired) electrons. The third-order valence-electron chi connectivity index (χ3n) is 5.55. The predicted molar refractivity (Wildman–Crippen MR) is 158 cm³/mol. The van der Waals surface area contributed by atoms with Crippen LogP contribution in [0.1, 0.15) is 27.8 Å². The molecule has 0 unspecified atom stereocenters. The number of halogens is 3. The molecule has 0 fully saturated rings. The molecule has 0 aromatic heterocycles. The Kier molecular flexibility index (Phi) is 7.74. The Bertz CT molecular complexity index is 1210. The molecule has 0 aliphatic carbocycles. The Labute approximate surface area is 234 Å². The number of aryl methyl sites for hydroxylation is 1. The van der Waals surface area contributed by atoms with E-state index in [4.69, 9.17) is 0 Å². The van der Waals surface area contributed by atoms with Gasteiger partial charge in [0.2, 0.25) is 0 Å². The summed E-state index contributed by atoms with van der Waals surface area (Å²) in [6.45, 7) is 1.89. The highest BCUT2D eigenvalue weighted by Crippen LogP contribution is 2.36. The van der Waals surface area contributed by atoms with Gasteiger partial charge in [0.1, 0.15) is 17.2 Å². The summed E-state index contributed by atoms with van der Waals surface area (Å²) in [5.74, 6) is 0.882. The van der Waals surface area contributed by atoms with Crippen molar-refractivity contribution in [3.63, 3.8) is 0 Å². The maximum absolute atomic E-state index is 11.3. The molecule has 3 nitrogen and oxygen atoms in total. The van der Waals surface area contributed by atoms with Gasteiger partial charge >= 0.3 is 0 Å². The Balaban J connectivity index is 1.81. The van der Waals surface area contributed by atoms with Crippen molar-refractivity contribution in [2.75, 3.05) is 0 Å². The first-order chi connectivity index (χ1) is 15.7. The SMILES string of the molecule is Cc1cc(Cc2cc(-c3ccccc3)cc(Cc3cc(I)c(O)c(I)c3)c2O)cc(I)c1O. The van der Waals surface area contributed by atoms with Crippen LogP contribution >= 0.6 is 67.8 Å². The Hall–Kier alpha value is -1.53. The smallest absolute Gasteiger partial charge is 0.142 e. The first kappa shape index (κ1) is 24.6. The maximum atomic E-state index is 11.3. The number of hydrogen-bond donors (Lipinski definition) is 3. The molecule has 168 valence electrons. The van der Waals surface area contributed by atoms with Gasteiger partial charge in [-0.25, -0.2) is 0 Å². The zero-order valence-corrected chi connectivity index (χ0v) is 24.2. The lowest BCUT2D eigenvalue weighted by atomic mass is 9.92. The van der Waals surface area contributed by atoms with Gasteiger partial charge in [0.15, 0.2) is 0 Å². The molecule has 4 rings (SSSR count). The number of benzene rings is 4. The fourth-order valence-corrected chi connectivity index (χ4v) is 6.62. The second kappa shape index (κ2) is 10.4. The molecular formula is C27H21I3O3. The molecule has 0 aliphatic heterocycles. The Morgan fingerprint density at radius 1 is 0.576 bits per heavy atom. The van der Waals surface area contributed by atoms with E-state index in [0.29, 0.717) is 24.3 Å². The molecule has 0 atom stereocenters. The summed E-state index contributed by atoms with van der Waals surface area (Å²) in [5, 5.41) is 31.5. The zero-order valence-electron chi connectivity index (χ0n) is 17.7. The van der Waals surface area contributed by atoms with Crippen LogP contribution in [0.2, 0.25) is 0 Å². The second-order valence-corrected chi connectivity index (χ2v) is 11.5. The average Bonchev–Trinajstić information content (AvgIpc) is 2.79. The van der Waals surface area contributed by atoms with Crippen molar-refractivity contribution in [3.05, 3.63) is 105 Å². The molecule has 6 heteroatoms. The van der Waals surface area contributed by atoms with E-state index in [1.807, 2.05) is 61.5 Å². The number of phenols is 3. The number of phenolic OH excluding ortho intramolecular Hbond substituents is 3. The van der Waals surface area contributed by atoms with Crippen LogP contribution in [0.15, 0.2) is 66.7 Å². The molecule has 4 aromatic carbocycles. The van der Waals surface area contributed by atoms with Crippen LogP contribution in [0.5, 0.6) is 17.2 Å². The molecule has 0 heterocycles. The molecule has 0 saturated carbocycles. The maximum Gasteiger partial charge on any atom is 0.142 e. The van der Waals surface area contributed by atoms with E-state index in [2.05, 4.69) is 79.9 Å². The lowest BCUT2D eigenvalue weighted by Gasteiger charge is -2.15. The summed E-state index contributed by atoms with van der Waals surface area (Å²) in [6.07, 6.45) is 1.11. The highest BCUT2D eigenvalue weighted by Gasteiger charge is 2.15. The molecule has 33 heavy (non-hydrogen) atoms. The molecule has 0 amide bonds. The van der Waals surface area contributed by atoms with E-state index in [9.17, 15) is 15.3 Å². The van der Waals surface area contributed by atoms with Gasteiger partial charge in [0, 0.05) is 12.8 Å². The van der Waals surface area contributed by atoms with Crippen molar-refractivity contribution in [2.45, 2.75) is 19.8 Å². The van der Waals surface area contributed by atoms with Crippen molar-refractivity contribution in [1.82, 2.24) is 0 Å². The minimum absolute atomic E-state index is 0.286. The van der Waals surface area contributed by atoms with Crippen LogP contribution in [-0.2, 0) is 12.8 Å². The Morgan fingerprint density at radius 3 is 1.58 bits per heavy atom. The fraction of sp³-hybridized carbons (Fsp3) is 0.111. The van der Waals surface area contributed by atoms with E-state index in [1.165, 1.54) is 0 Å². The van der Waals surface area contributed by atoms with Gasteiger partial charge in [-0.3, -0.25) is 0 Å². The van der Waals surface area contributed by atoms with Gasteiger partial charge in [-0.1, -0.05) is 36.4 Å². The summed E-state index contributed by atoms with van der Waals surface area (Å²) in [4.78, 5) is 0. The van der Waals surface area contributed by atoms with Crippen LogP contribution in [0.25, 0.3) is 11.1 Å². The topological polar surface area (TPSA) is 60.7 Å². The lowest BCUT2D eigenvalue weighted by molar-refractivity contribution is 0.463. The van der Waals surface area contributed by atoms with Gasteiger partial charge in [-0.05, 0) is 144 Å². The highest BCUT2D eigenvalue weighted by molar-refractivity contribution is 14.1. The van der Waals surface area contributed by atoms with E-state index in [-0.39, 0.29) is 5.75 Å². The molecule has 0 bridgehead atoms. The first-order valence-electron chi connectivity index (χ1n) is 10.3. The Morgan fingerprint density at radius 2 is 1.06 bits per heavy atom. The van der Waals surface area contributed by atoms with E-state index in [1.54, 1.807) is 0 Å². The van der Waals surface area contributed by atoms with Gasteiger partial charge in [0.25, 0.3) is 0 Å². The normalized spacial score (nSPS) is 11.0. The summed E-state index contributed by atoms with van der Waals surface area (Å²) in [6, 6.07) is 22.1. The quantitative estimate of drug-likeness (QED) is 0.182. The van der Waals surface area contributed by atoms with Crippen molar-refractivity contribution >= 4 is 67.8 Å². The van der Waals surface area contributed by atoms with Gasteiger partial charge < -0.3 is 15.3 Å². The third-order valence-corrected chi connectivity index (χ3v) is 8.02. The van der Waals surface area contributed by atoms with E-state index >= 15 is 0 Å². The third kappa shape index (κ3) is 5.59. The number of rotatable bonds is 5. The molecule has 0 aliphatic rings. The molecule has 4 aromatic rings. The van der Waals surface area contributed by atoms with Crippen molar-refractivity contribution in [2.24, 2.45) is 0 Å². The zero-order chi connectivity index (χ0) is 23.7. The van der Waals surface area contributed by atoms with Crippen LogP contribution in [-0.4, -0.2) is 15.3 Å². The number of aromatic hydroxyl groups is 3. The van der Waals surface area contributed by atoms with Crippen LogP contribution in [0.3, 0.4) is 0 Å².